The number of allylic oxidation sites excluding steroid dienone is 8. The van der Waals surface area contributed by atoms with Crippen LogP contribution in [-0.4, -0.2) is 50.5 Å². The van der Waals surface area contributed by atoms with E-state index in [-0.39, 0.29) is 12.4 Å². The van der Waals surface area contributed by atoms with Crippen LogP contribution in [-0.2, 0) is 9.47 Å². The van der Waals surface area contributed by atoms with Crippen LogP contribution >= 0.6 is 0 Å². The van der Waals surface area contributed by atoms with Gasteiger partial charge in [-0.25, -0.2) is 0 Å². The van der Waals surface area contributed by atoms with Gasteiger partial charge in [-0.1, -0.05) is 146 Å². The van der Waals surface area contributed by atoms with Gasteiger partial charge >= 0.3 is 0 Å². The number of ether oxygens (including phenoxy) is 4. The normalized spacial score (nSPS) is 18.1. The Bertz CT molecular complexity index is 1100. The maximum Gasteiger partial charge on any atom is 0.184 e. The Morgan fingerprint density at radius 1 is 0.536 bits per heavy atom. The Morgan fingerprint density at radius 2 is 0.982 bits per heavy atom. The standard InChI is InChI=1S/C51H85NO4/c1-3-5-7-9-11-13-15-17-19-21-23-25-27-29-31-36-40-53-48-42-47(51-55-46-50(56-51)45-52-38-34-33-35-39-52)43-49(44-48)54-41-37-32-30-28-26-24-22-20-18-16-14-12-10-8-6-4-2/h11-14,17-20,42-44,50-51H,3-10,15-16,21-41,45-46H2,1-2H3. The fraction of sp³-hybridized carbons (Fsp3) is 0.725. The van der Waals surface area contributed by atoms with Crippen molar-refractivity contribution in [2.45, 2.75) is 200 Å². The van der Waals surface area contributed by atoms with Crippen molar-refractivity contribution in [3.8, 4) is 11.5 Å². The highest BCUT2D eigenvalue weighted by Gasteiger charge is 2.30. The second-order valence-corrected chi connectivity index (χ2v) is 16.4. The molecule has 0 spiro atoms. The predicted octanol–water partition coefficient (Wildman–Crippen LogP) is 15.0. The maximum absolute atomic E-state index is 6.45. The SMILES string of the molecule is CCCCCC=CCC=CCCCCCCCCOc1cc(OCCCCCCCCC=CCC=CCCCCC)cc(C2OCC(CN3CCCCC3)O2)c1. The van der Waals surface area contributed by atoms with E-state index < -0.39 is 0 Å². The molecule has 0 aliphatic carbocycles. The average Bonchev–Trinajstić information content (AvgIpc) is 3.69. The van der Waals surface area contributed by atoms with Gasteiger partial charge in [-0.3, -0.25) is 0 Å². The average molecular weight is 776 g/mol. The van der Waals surface area contributed by atoms with Crippen LogP contribution in [0.2, 0.25) is 0 Å². The topological polar surface area (TPSA) is 40.2 Å². The zero-order valence-corrected chi connectivity index (χ0v) is 36.4. The first-order valence-corrected chi connectivity index (χ1v) is 23.8. The lowest BCUT2D eigenvalue weighted by atomic mass is 10.1. The monoisotopic (exact) mass is 776 g/mol. The highest BCUT2D eigenvalue weighted by Crippen LogP contribution is 2.33. The lowest BCUT2D eigenvalue weighted by Crippen LogP contribution is -2.37. The quantitative estimate of drug-likeness (QED) is 0.0507. The first kappa shape index (κ1) is 48.0. The smallest absolute Gasteiger partial charge is 0.184 e. The third-order valence-electron chi connectivity index (χ3n) is 11.1. The molecule has 56 heavy (non-hydrogen) atoms. The first-order valence-electron chi connectivity index (χ1n) is 23.8. The largest absolute Gasteiger partial charge is 0.493 e. The van der Waals surface area contributed by atoms with E-state index in [1.807, 2.05) is 0 Å². The Hall–Kier alpha value is -2.34. The van der Waals surface area contributed by atoms with Gasteiger partial charge in [0.1, 0.15) is 11.5 Å². The first-order chi connectivity index (χ1) is 27.8. The molecule has 0 saturated carbocycles. The number of hydrogen-bond donors (Lipinski definition) is 0. The number of piperidine rings is 1. The Kier molecular flexibility index (Phi) is 29.7. The van der Waals surface area contributed by atoms with Crippen LogP contribution in [0.4, 0.5) is 0 Å². The van der Waals surface area contributed by atoms with E-state index in [1.54, 1.807) is 0 Å². The Labute approximate surface area is 345 Å². The summed E-state index contributed by atoms with van der Waals surface area (Å²) >= 11 is 0. The molecule has 0 bridgehead atoms. The number of nitrogens with zero attached hydrogens (tertiary/aromatic N) is 1. The number of benzene rings is 1. The molecule has 2 fully saturated rings. The molecule has 2 atom stereocenters. The van der Waals surface area contributed by atoms with Crippen LogP contribution in [0.3, 0.4) is 0 Å². The molecule has 2 aliphatic heterocycles. The highest BCUT2D eigenvalue weighted by molar-refractivity contribution is 5.39. The molecule has 0 N–H and O–H groups in total. The number of unbranched alkanes of at least 4 members (excludes halogenated alkanes) is 18. The van der Waals surface area contributed by atoms with Crippen molar-refractivity contribution in [1.29, 1.82) is 0 Å². The minimum absolute atomic E-state index is 0.114. The minimum atomic E-state index is -0.362. The van der Waals surface area contributed by atoms with Gasteiger partial charge in [-0.2, -0.15) is 0 Å². The van der Waals surface area contributed by atoms with Crippen LogP contribution in [0, 0.1) is 0 Å². The van der Waals surface area contributed by atoms with E-state index >= 15 is 0 Å². The summed E-state index contributed by atoms with van der Waals surface area (Å²) in [5.41, 5.74) is 1.01. The van der Waals surface area contributed by atoms with Gasteiger partial charge in [-0.15, -0.1) is 0 Å². The summed E-state index contributed by atoms with van der Waals surface area (Å²) in [6.07, 6.45) is 52.4. The molecule has 1 aromatic rings. The molecule has 2 aliphatic rings. The third-order valence-corrected chi connectivity index (χ3v) is 11.1. The molecular formula is C51H85NO4. The van der Waals surface area contributed by atoms with Gasteiger partial charge in [0.15, 0.2) is 6.29 Å². The van der Waals surface area contributed by atoms with E-state index in [0.717, 1.165) is 62.5 Å². The van der Waals surface area contributed by atoms with Crippen LogP contribution in [0.25, 0.3) is 0 Å². The summed E-state index contributed by atoms with van der Waals surface area (Å²) < 4.78 is 25.3. The molecule has 0 radical (unpaired) electrons. The van der Waals surface area contributed by atoms with E-state index in [4.69, 9.17) is 18.9 Å². The minimum Gasteiger partial charge on any atom is -0.493 e. The van der Waals surface area contributed by atoms with Crippen molar-refractivity contribution in [3.63, 3.8) is 0 Å². The van der Waals surface area contributed by atoms with Crippen molar-refractivity contribution in [1.82, 2.24) is 4.90 Å². The fourth-order valence-electron chi connectivity index (χ4n) is 7.61. The van der Waals surface area contributed by atoms with E-state index in [1.165, 1.54) is 161 Å². The van der Waals surface area contributed by atoms with Crippen molar-refractivity contribution < 1.29 is 18.9 Å². The Morgan fingerprint density at radius 3 is 1.46 bits per heavy atom. The zero-order chi connectivity index (χ0) is 39.4. The van der Waals surface area contributed by atoms with Gasteiger partial charge in [0, 0.05) is 18.2 Å². The van der Waals surface area contributed by atoms with Crippen molar-refractivity contribution in [2.75, 3.05) is 39.5 Å². The summed E-state index contributed by atoms with van der Waals surface area (Å²) in [5.74, 6) is 1.73. The maximum atomic E-state index is 6.45. The van der Waals surface area contributed by atoms with E-state index in [9.17, 15) is 0 Å². The van der Waals surface area contributed by atoms with Crippen LogP contribution in [0.15, 0.2) is 66.8 Å². The summed E-state index contributed by atoms with van der Waals surface area (Å²) in [5, 5.41) is 0. The van der Waals surface area contributed by atoms with Gasteiger partial charge in [-0.05, 0) is 115 Å². The Balaban J connectivity index is 1.31. The van der Waals surface area contributed by atoms with E-state index in [2.05, 4.69) is 85.6 Å². The van der Waals surface area contributed by atoms with Crippen LogP contribution in [0.5, 0.6) is 11.5 Å². The van der Waals surface area contributed by atoms with Crippen LogP contribution in [0.1, 0.15) is 199 Å². The molecule has 0 aromatic heterocycles. The predicted molar refractivity (Wildman–Crippen MR) is 240 cm³/mol. The summed E-state index contributed by atoms with van der Waals surface area (Å²) in [6.45, 7) is 9.94. The molecular weight excluding hydrogens is 691 g/mol. The molecule has 2 heterocycles. The van der Waals surface area contributed by atoms with E-state index in [0.29, 0.717) is 6.61 Å². The molecule has 2 unspecified atom stereocenters. The third kappa shape index (κ3) is 25.1. The zero-order valence-electron chi connectivity index (χ0n) is 36.4. The lowest BCUT2D eigenvalue weighted by molar-refractivity contribution is -0.0650. The molecule has 318 valence electrons. The molecule has 0 amide bonds. The molecule has 5 nitrogen and oxygen atoms in total. The second-order valence-electron chi connectivity index (χ2n) is 16.4. The summed E-state index contributed by atoms with van der Waals surface area (Å²) in [6, 6.07) is 6.28. The molecule has 5 heteroatoms. The number of hydrogen-bond acceptors (Lipinski definition) is 5. The molecule has 1 aromatic carbocycles. The van der Waals surface area contributed by atoms with Gasteiger partial charge in [0.25, 0.3) is 0 Å². The number of likely N-dealkylation sites (tertiary alicyclic amines) is 1. The fourth-order valence-corrected chi connectivity index (χ4v) is 7.61. The van der Waals surface area contributed by atoms with Crippen molar-refractivity contribution in [2.24, 2.45) is 0 Å². The van der Waals surface area contributed by atoms with Gasteiger partial charge in [0.2, 0.25) is 0 Å². The van der Waals surface area contributed by atoms with Crippen molar-refractivity contribution >= 4 is 0 Å². The number of rotatable bonds is 35. The van der Waals surface area contributed by atoms with Gasteiger partial charge in [0.05, 0.1) is 25.9 Å². The molecule has 3 rings (SSSR count). The summed E-state index contributed by atoms with van der Waals surface area (Å²) in [4.78, 5) is 2.54. The second kappa shape index (κ2) is 34.7. The van der Waals surface area contributed by atoms with Crippen LogP contribution < -0.4 is 9.47 Å². The van der Waals surface area contributed by atoms with Crippen molar-refractivity contribution in [3.05, 3.63) is 72.4 Å². The lowest BCUT2D eigenvalue weighted by Gasteiger charge is -2.28. The highest BCUT2D eigenvalue weighted by atomic mass is 16.7. The summed E-state index contributed by atoms with van der Waals surface area (Å²) in [7, 11) is 0. The molecule has 2 saturated heterocycles. The van der Waals surface area contributed by atoms with Gasteiger partial charge < -0.3 is 23.8 Å².